The van der Waals surface area contributed by atoms with Gasteiger partial charge >= 0.3 is 0 Å². The lowest BCUT2D eigenvalue weighted by molar-refractivity contribution is -0.387. The second kappa shape index (κ2) is 9.25. The number of anilines is 1. The van der Waals surface area contributed by atoms with Crippen LogP contribution in [0.15, 0.2) is 57.1 Å². The van der Waals surface area contributed by atoms with Crippen LogP contribution in [-0.2, 0) is 0 Å². The van der Waals surface area contributed by atoms with Crippen LogP contribution >= 0.6 is 34.7 Å². The fourth-order valence-corrected chi connectivity index (χ4v) is 5.44. The Labute approximate surface area is 192 Å². The van der Waals surface area contributed by atoms with Gasteiger partial charge in [-0.15, -0.1) is 11.3 Å². The number of halogens is 1. The largest absolute Gasteiger partial charge is 0.368 e. The van der Waals surface area contributed by atoms with E-state index >= 15 is 0 Å². The average Bonchev–Trinajstić information content (AvgIpc) is 3.18. The molecule has 1 amide bonds. The first kappa shape index (κ1) is 21.6. The molecule has 0 bridgehead atoms. The lowest BCUT2D eigenvalue weighted by Gasteiger charge is -2.36. The minimum atomic E-state index is -0.448. The Morgan fingerprint density at radius 3 is 2.61 bits per heavy atom. The van der Waals surface area contributed by atoms with Crippen LogP contribution in [0.4, 0.5) is 11.4 Å². The van der Waals surface area contributed by atoms with Crippen molar-refractivity contribution in [2.75, 3.05) is 31.1 Å². The highest BCUT2D eigenvalue weighted by Gasteiger charge is 2.25. The van der Waals surface area contributed by atoms with Gasteiger partial charge in [-0.1, -0.05) is 29.4 Å². The van der Waals surface area contributed by atoms with Crippen molar-refractivity contribution in [2.45, 2.75) is 16.2 Å². The first-order valence-corrected chi connectivity index (χ1v) is 11.7. The molecule has 1 aliphatic rings. The number of piperazine rings is 1. The summed E-state index contributed by atoms with van der Waals surface area (Å²) in [6.45, 7) is 4.29. The zero-order valence-corrected chi connectivity index (χ0v) is 19.0. The van der Waals surface area contributed by atoms with E-state index < -0.39 is 4.92 Å². The number of carbonyl (C=O) groups is 1. The van der Waals surface area contributed by atoms with Gasteiger partial charge in [0.1, 0.15) is 0 Å². The summed E-state index contributed by atoms with van der Waals surface area (Å²) < 4.78 is 0.733. The SMILES string of the molecule is Cc1csc(Sc2ccc(C(=O)N3CCN(c4cccc(Cl)c4)CC3)cc2[N+](=O)[O-])n1. The zero-order valence-electron chi connectivity index (χ0n) is 16.7. The number of rotatable bonds is 5. The summed E-state index contributed by atoms with van der Waals surface area (Å²) in [6, 6.07) is 12.3. The minimum Gasteiger partial charge on any atom is -0.368 e. The van der Waals surface area contributed by atoms with Crippen LogP contribution in [0.1, 0.15) is 16.1 Å². The van der Waals surface area contributed by atoms with Crippen molar-refractivity contribution < 1.29 is 9.72 Å². The van der Waals surface area contributed by atoms with Gasteiger partial charge in [-0.2, -0.15) is 0 Å². The highest BCUT2D eigenvalue weighted by molar-refractivity contribution is 8.01. The number of nitrogens with zero attached hydrogens (tertiary/aromatic N) is 4. The minimum absolute atomic E-state index is 0.0822. The topological polar surface area (TPSA) is 79.6 Å². The van der Waals surface area contributed by atoms with Gasteiger partial charge < -0.3 is 9.80 Å². The molecule has 0 N–H and O–H groups in total. The van der Waals surface area contributed by atoms with Crippen molar-refractivity contribution in [3.05, 3.63) is 74.2 Å². The monoisotopic (exact) mass is 474 g/mol. The normalized spacial score (nSPS) is 14.0. The van der Waals surface area contributed by atoms with Crippen molar-refractivity contribution in [1.82, 2.24) is 9.88 Å². The molecule has 1 fully saturated rings. The van der Waals surface area contributed by atoms with Crippen LogP contribution in [-0.4, -0.2) is 46.9 Å². The van der Waals surface area contributed by atoms with Crippen LogP contribution in [0.2, 0.25) is 5.02 Å². The number of hydrogen-bond donors (Lipinski definition) is 0. The third-order valence-electron chi connectivity index (χ3n) is 4.94. The van der Waals surface area contributed by atoms with Crippen LogP contribution < -0.4 is 4.90 Å². The van der Waals surface area contributed by atoms with Gasteiger partial charge in [0.15, 0.2) is 4.34 Å². The van der Waals surface area contributed by atoms with Crippen molar-refractivity contribution in [2.24, 2.45) is 0 Å². The van der Waals surface area contributed by atoms with E-state index in [1.807, 2.05) is 36.6 Å². The van der Waals surface area contributed by atoms with E-state index in [-0.39, 0.29) is 11.6 Å². The Morgan fingerprint density at radius 1 is 1.19 bits per heavy atom. The highest BCUT2D eigenvalue weighted by atomic mass is 35.5. The van der Waals surface area contributed by atoms with Gasteiger partial charge in [0.25, 0.3) is 11.6 Å². The lowest BCUT2D eigenvalue weighted by atomic mass is 10.1. The predicted molar refractivity (Wildman–Crippen MR) is 124 cm³/mol. The van der Waals surface area contributed by atoms with E-state index in [0.717, 1.165) is 15.7 Å². The van der Waals surface area contributed by atoms with Gasteiger partial charge in [0, 0.05) is 59.6 Å². The van der Waals surface area contributed by atoms with Crippen molar-refractivity contribution >= 4 is 52.0 Å². The molecule has 0 aliphatic carbocycles. The number of aryl methyl sites for hydroxylation is 1. The van der Waals surface area contributed by atoms with Crippen molar-refractivity contribution in [3.63, 3.8) is 0 Å². The molecular weight excluding hydrogens is 456 g/mol. The second-order valence-corrected chi connectivity index (χ2v) is 9.64. The van der Waals surface area contributed by atoms with Gasteiger partial charge in [0.05, 0.1) is 9.82 Å². The summed E-state index contributed by atoms with van der Waals surface area (Å²) in [5.41, 5.74) is 2.14. The second-order valence-electron chi connectivity index (χ2n) is 7.06. The average molecular weight is 475 g/mol. The molecule has 4 rings (SSSR count). The molecule has 0 atom stereocenters. The maximum atomic E-state index is 13.0. The molecule has 31 heavy (non-hydrogen) atoms. The number of nitro benzene ring substituents is 1. The van der Waals surface area contributed by atoms with E-state index in [9.17, 15) is 14.9 Å². The number of carbonyl (C=O) groups excluding carboxylic acids is 1. The Kier molecular flexibility index (Phi) is 6.45. The summed E-state index contributed by atoms with van der Waals surface area (Å²) in [5, 5.41) is 14.2. The number of thiazole rings is 1. The van der Waals surface area contributed by atoms with E-state index in [4.69, 9.17) is 11.6 Å². The predicted octanol–water partition coefficient (Wildman–Crippen LogP) is 5.13. The maximum absolute atomic E-state index is 13.0. The Bertz CT molecular complexity index is 1130. The molecule has 0 unspecified atom stereocenters. The molecule has 0 spiro atoms. The lowest BCUT2D eigenvalue weighted by Crippen LogP contribution is -2.48. The number of aromatic nitrogens is 1. The summed E-state index contributed by atoms with van der Waals surface area (Å²) >= 11 is 8.76. The van der Waals surface area contributed by atoms with E-state index in [1.54, 1.807) is 17.0 Å². The molecule has 0 saturated carbocycles. The molecule has 10 heteroatoms. The van der Waals surface area contributed by atoms with Crippen LogP contribution in [0.3, 0.4) is 0 Å². The first-order valence-electron chi connectivity index (χ1n) is 9.59. The molecule has 1 aromatic heterocycles. The molecule has 160 valence electrons. The molecular formula is C21H19ClN4O3S2. The van der Waals surface area contributed by atoms with Crippen LogP contribution in [0, 0.1) is 17.0 Å². The molecule has 2 heterocycles. The van der Waals surface area contributed by atoms with Gasteiger partial charge in [0.2, 0.25) is 0 Å². The molecule has 2 aromatic carbocycles. The standard InChI is InChI=1S/C21H19ClN4O3S2/c1-14-13-30-21(23-14)31-19-6-5-15(11-18(19)26(28)29)20(27)25-9-7-24(8-10-25)17-4-2-3-16(22)12-17/h2-6,11-13H,7-10H2,1H3. The molecule has 7 nitrogen and oxygen atoms in total. The molecule has 1 aliphatic heterocycles. The fraction of sp³-hybridized carbons (Fsp3) is 0.238. The van der Waals surface area contributed by atoms with Crippen molar-refractivity contribution in [3.8, 4) is 0 Å². The third kappa shape index (κ3) is 5.00. The van der Waals surface area contributed by atoms with E-state index in [0.29, 0.717) is 41.7 Å². The van der Waals surface area contributed by atoms with Crippen LogP contribution in [0.25, 0.3) is 0 Å². The first-order chi connectivity index (χ1) is 14.9. The quantitative estimate of drug-likeness (QED) is 0.377. The smallest absolute Gasteiger partial charge is 0.284 e. The molecule has 1 saturated heterocycles. The summed E-state index contributed by atoms with van der Waals surface area (Å²) in [6.07, 6.45) is 0. The van der Waals surface area contributed by atoms with E-state index in [1.165, 1.54) is 29.2 Å². The van der Waals surface area contributed by atoms with Gasteiger partial charge in [-0.25, -0.2) is 4.98 Å². The number of amides is 1. The summed E-state index contributed by atoms with van der Waals surface area (Å²) in [4.78, 5) is 32.9. The molecule has 3 aromatic rings. The highest BCUT2D eigenvalue weighted by Crippen LogP contribution is 2.37. The molecule has 0 radical (unpaired) electrons. The number of hydrogen-bond acceptors (Lipinski definition) is 7. The maximum Gasteiger partial charge on any atom is 0.284 e. The zero-order chi connectivity index (χ0) is 22.0. The third-order valence-corrected chi connectivity index (χ3v) is 7.29. The van der Waals surface area contributed by atoms with Gasteiger partial charge in [-0.3, -0.25) is 14.9 Å². The van der Waals surface area contributed by atoms with E-state index in [2.05, 4.69) is 9.88 Å². The Morgan fingerprint density at radius 2 is 1.97 bits per heavy atom. The van der Waals surface area contributed by atoms with Gasteiger partial charge in [-0.05, 0) is 37.3 Å². The number of benzene rings is 2. The van der Waals surface area contributed by atoms with Crippen molar-refractivity contribution in [1.29, 1.82) is 0 Å². The summed E-state index contributed by atoms with van der Waals surface area (Å²) in [5.74, 6) is -0.199. The summed E-state index contributed by atoms with van der Waals surface area (Å²) in [7, 11) is 0. The Hall–Kier alpha value is -2.62. The fourth-order valence-electron chi connectivity index (χ4n) is 3.38. The number of nitro groups is 1. The Balaban J connectivity index is 1.47. The van der Waals surface area contributed by atoms with Crippen LogP contribution in [0.5, 0.6) is 0 Å².